The number of benzene rings is 2. The standard InChI is InChI=1S/C13H10FNO2S2/c1-18-11-6-7-13(12(8-11)15(16)17)19-10-4-2-9(14)3-5-10/h2-8H,1H3. The van der Waals surface area contributed by atoms with Crippen molar-refractivity contribution in [3.8, 4) is 0 Å². The van der Waals surface area contributed by atoms with E-state index in [1.54, 1.807) is 24.3 Å². The molecule has 0 saturated heterocycles. The first-order valence-corrected chi connectivity index (χ1v) is 7.40. The molecule has 0 heterocycles. The van der Waals surface area contributed by atoms with Crippen molar-refractivity contribution < 1.29 is 9.31 Å². The molecule has 0 atom stereocenters. The number of nitro benzene ring substituents is 1. The summed E-state index contributed by atoms with van der Waals surface area (Å²) in [4.78, 5) is 12.8. The van der Waals surface area contributed by atoms with Gasteiger partial charge < -0.3 is 0 Å². The molecule has 19 heavy (non-hydrogen) atoms. The Morgan fingerprint density at radius 3 is 2.32 bits per heavy atom. The zero-order chi connectivity index (χ0) is 13.8. The Morgan fingerprint density at radius 1 is 1.11 bits per heavy atom. The van der Waals surface area contributed by atoms with Crippen LogP contribution in [0.25, 0.3) is 0 Å². The van der Waals surface area contributed by atoms with E-state index in [1.807, 2.05) is 12.3 Å². The molecule has 0 radical (unpaired) electrons. The highest BCUT2D eigenvalue weighted by atomic mass is 32.2. The van der Waals surface area contributed by atoms with Crippen molar-refractivity contribution in [2.75, 3.05) is 6.26 Å². The first-order valence-electron chi connectivity index (χ1n) is 5.36. The number of halogens is 1. The van der Waals surface area contributed by atoms with Crippen LogP contribution in [0.1, 0.15) is 0 Å². The molecule has 98 valence electrons. The van der Waals surface area contributed by atoms with Gasteiger partial charge in [-0.25, -0.2) is 4.39 Å². The molecule has 2 aromatic rings. The smallest absolute Gasteiger partial charge is 0.258 e. The number of hydrogen-bond acceptors (Lipinski definition) is 4. The predicted octanol–water partition coefficient (Wildman–Crippen LogP) is 4.61. The highest BCUT2D eigenvalue weighted by Gasteiger charge is 2.15. The van der Waals surface area contributed by atoms with Crippen LogP contribution in [-0.2, 0) is 0 Å². The Hall–Kier alpha value is -1.53. The van der Waals surface area contributed by atoms with Crippen LogP contribution >= 0.6 is 23.5 Å². The van der Waals surface area contributed by atoms with Crippen LogP contribution in [0.3, 0.4) is 0 Å². The first kappa shape index (κ1) is 13.9. The first-order chi connectivity index (χ1) is 9.10. The van der Waals surface area contributed by atoms with Crippen molar-refractivity contribution in [1.82, 2.24) is 0 Å². The highest BCUT2D eigenvalue weighted by molar-refractivity contribution is 7.99. The van der Waals surface area contributed by atoms with E-state index in [4.69, 9.17) is 0 Å². The molecule has 0 fully saturated rings. The van der Waals surface area contributed by atoms with Gasteiger partial charge in [-0.2, -0.15) is 0 Å². The van der Waals surface area contributed by atoms with Gasteiger partial charge in [0.05, 0.1) is 9.82 Å². The van der Waals surface area contributed by atoms with Gasteiger partial charge in [-0.1, -0.05) is 11.8 Å². The van der Waals surface area contributed by atoms with Gasteiger partial charge in [0.15, 0.2) is 0 Å². The molecule has 0 amide bonds. The second kappa shape index (κ2) is 6.08. The molecule has 0 aliphatic heterocycles. The minimum atomic E-state index is -0.397. The van der Waals surface area contributed by atoms with Gasteiger partial charge in [-0.3, -0.25) is 10.1 Å². The number of thioether (sulfide) groups is 1. The molecule has 0 bridgehead atoms. The van der Waals surface area contributed by atoms with Gasteiger partial charge in [-0.15, -0.1) is 11.8 Å². The van der Waals surface area contributed by atoms with E-state index < -0.39 is 4.92 Å². The molecule has 0 aliphatic carbocycles. The monoisotopic (exact) mass is 295 g/mol. The van der Waals surface area contributed by atoms with Gasteiger partial charge in [-0.05, 0) is 42.7 Å². The number of nitro groups is 1. The fourth-order valence-electron chi connectivity index (χ4n) is 1.48. The fourth-order valence-corrected chi connectivity index (χ4v) is 2.82. The zero-order valence-corrected chi connectivity index (χ0v) is 11.6. The maximum atomic E-state index is 12.8. The molecule has 2 rings (SSSR count). The molecular weight excluding hydrogens is 285 g/mol. The van der Waals surface area contributed by atoms with Gasteiger partial charge in [0.25, 0.3) is 5.69 Å². The van der Waals surface area contributed by atoms with E-state index in [2.05, 4.69) is 0 Å². The summed E-state index contributed by atoms with van der Waals surface area (Å²) in [5.41, 5.74) is 0.0705. The summed E-state index contributed by atoms with van der Waals surface area (Å²) in [6.45, 7) is 0. The van der Waals surface area contributed by atoms with E-state index in [-0.39, 0.29) is 11.5 Å². The topological polar surface area (TPSA) is 43.1 Å². The number of rotatable bonds is 4. The van der Waals surface area contributed by atoms with Crippen LogP contribution in [-0.4, -0.2) is 11.2 Å². The minimum absolute atomic E-state index is 0.0705. The molecule has 0 N–H and O–H groups in total. The van der Waals surface area contributed by atoms with E-state index in [9.17, 15) is 14.5 Å². The van der Waals surface area contributed by atoms with E-state index in [1.165, 1.54) is 35.7 Å². The van der Waals surface area contributed by atoms with Crippen molar-refractivity contribution >= 4 is 29.2 Å². The van der Waals surface area contributed by atoms with Crippen molar-refractivity contribution in [3.63, 3.8) is 0 Å². The van der Waals surface area contributed by atoms with Crippen LogP contribution in [0, 0.1) is 15.9 Å². The quantitative estimate of drug-likeness (QED) is 0.469. The van der Waals surface area contributed by atoms with Crippen LogP contribution in [0.15, 0.2) is 57.2 Å². The molecule has 6 heteroatoms. The van der Waals surface area contributed by atoms with Gasteiger partial charge >= 0.3 is 0 Å². The third-order valence-corrected chi connectivity index (χ3v) is 4.20. The van der Waals surface area contributed by atoms with Crippen molar-refractivity contribution in [1.29, 1.82) is 0 Å². The van der Waals surface area contributed by atoms with Gasteiger partial charge in [0, 0.05) is 15.9 Å². The third-order valence-electron chi connectivity index (χ3n) is 2.40. The fraction of sp³-hybridized carbons (Fsp3) is 0.0769. The molecule has 0 aromatic heterocycles. The zero-order valence-electron chi connectivity index (χ0n) is 10.00. The summed E-state index contributed by atoms with van der Waals surface area (Å²) in [6.07, 6.45) is 1.87. The van der Waals surface area contributed by atoms with E-state index >= 15 is 0 Å². The van der Waals surface area contributed by atoms with Crippen molar-refractivity contribution in [3.05, 3.63) is 58.4 Å². The second-order valence-corrected chi connectivity index (χ2v) is 5.64. The average Bonchev–Trinajstić information content (AvgIpc) is 2.41. The van der Waals surface area contributed by atoms with Crippen LogP contribution in [0.4, 0.5) is 10.1 Å². The summed E-state index contributed by atoms with van der Waals surface area (Å²) < 4.78 is 12.8. The third kappa shape index (κ3) is 3.48. The lowest BCUT2D eigenvalue weighted by molar-refractivity contribution is -0.387. The lowest BCUT2D eigenvalue weighted by Gasteiger charge is -2.04. The Labute approximate surface area is 118 Å². The molecule has 0 spiro atoms. The summed E-state index contributed by atoms with van der Waals surface area (Å²) >= 11 is 2.71. The van der Waals surface area contributed by atoms with Crippen molar-refractivity contribution in [2.24, 2.45) is 0 Å². The number of hydrogen-bond donors (Lipinski definition) is 0. The molecule has 0 unspecified atom stereocenters. The molecule has 0 aliphatic rings. The summed E-state index contributed by atoms with van der Waals surface area (Å²) in [5.74, 6) is -0.323. The SMILES string of the molecule is CSc1ccc(Sc2ccc(F)cc2)c([N+](=O)[O-])c1. The number of nitrogens with zero attached hydrogens (tertiary/aromatic N) is 1. The Bertz CT molecular complexity index is 602. The Kier molecular flexibility index (Phi) is 4.44. The van der Waals surface area contributed by atoms with Gasteiger partial charge in [0.2, 0.25) is 0 Å². The molecule has 0 saturated carbocycles. The summed E-state index contributed by atoms with van der Waals surface area (Å²) in [5, 5.41) is 11.1. The lowest BCUT2D eigenvalue weighted by Crippen LogP contribution is -1.91. The van der Waals surface area contributed by atoms with Crippen LogP contribution in [0.2, 0.25) is 0 Å². The van der Waals surface area contributed by atoms with Crippen LogP contribution in [0.5, 0.6) is 0 Å². The van der Waals surface area contributed by atoms with Gasteiger partial charge in [0.1, 0.15) is 5.82 Å². The maximum Gasteiger partial charge on any atom is 0.284 e. The minimum Gasteiger partial charge on any atom is -0.258 e. The molecule has 2 aromatic carbocycles. The Morgan fingerprint density at radius 2 is 1.74 bits per heavy atom. The summed E-state index contributed by atoms with van der Waals surface area (Å²) in [6, 6.07) is 11.0. The van der Waals surface area contributed by atoms with E-state index in [0.29, 0.717) is 4.90 Å². The Balaban J connectivity index is 2.33. The normalized spacial score (nSPS) is 10.4. The summed E-state index contributed by atoms with van der Waals surface area (Å²) in [7, 11) is 0. The molecular formula is C13H10FNO2S2. The average molecular weight is 295 g/mol. The maximum absolute atomic E-state index is 12.8. The largest absolute Gasteiger partial charge is 0.284 e. The van der Waals surface area contributed by atoms with E-state index in [0.717, 1.165) is 9.79 Å². The molecule has 3 nitrogen and oxygen atoms in total. The predicted molar refractivity (Wildman–Crippen MR) is 75.4 cm³/mol. The lowest BCUT2D eigenvalue weighted by atomic mass is 10.3. The van der Waals surface area contributed by atoms with Crippen molar-refractivity contribution in [2.45, 2.75) is 14.7 Å². The highest BCUT2D eigenvalue weighted by Crippen LogP contribution is 2.36. The second-order valence-electron chi connectivity index (χ2n) is 3.65. The van der Waals surface area contributed by atoms with Crippen LogP contribution < -0.4 is 0 Å².